The summed E-state index contributed by atoms with van der Waals surface area (Å²) < 4.78 is 5.56. The molecule has 20 heavy (non-hydrogen) atoms. The molecule has 1 aromatic carbocycles. The predicted octanol–water partition coefficient (Wildman–Crippen LogP) is 1.02. The summed E-state index contributed by atoms with van der Waals surface area (Å²) in [6.07, 6.45) is -0.168. The Morgan fingerprint density at radius 3 is 3.00 bits per heavy atom. The molecule has 0 saturated carbocycles. The molecule has 2 rings (SSSR count). The Labute approximate surface area is 119 Å². The van der Waals surface area contributed by atoms with Crippen molar-refractivity contribution in [2.45, 2.75) is 26.1 Å². The maximum Gasteiger partial charge on any atom is 0.238 e. The molecular weight excluding hydrogens is 256 g/mol. The van der Waals surface area contributed by atoms with Crippen molar-refractivity contribution in [2.75, 3.05) is 31.6 Å². The first-order valence-corrected chi connectivity index (χ1v) is 6.92. The highest BCUT2D eigenvalue weighted by atomic mass is 16.5. The van der Waals surface area contributed by atoms with Crippen LogP contribution < -0.4 is 5.32 Å². The summed E-state index contributed by atoms with van der Waals surface area (Å²) in [5.74, 6) is -0.0404. The molecule has 5 heteroatoms. The average molecular weight is 278 g/mol. The average Bonchev–Trinajstić information content (AvgIpc) is 2.37. The van der Waals surface area contributed by atoms with E-state index in [0.717, 1.165) is 11.3 Å². The van der Waals surface area contributed by atoms with Gasteiger partial charge in [0.05, 0.1) is 25.4 Å². The second-order valence-electron chi connectivity index (χ2n) is 5.36. The molecule has 0 spiro atoms. The number of hydrogen-bond donors (Lipinski definition) is 2. The molecule has 2 atom stereocenters. The largest absolute Gasteiger partial charge is 0.394 e. The van der Waals surface area contributed by atoms with Crippen molar-refractivity contribution in [3.63, 3.8) is 0 Å². The summed E-state index contributed by atoms with van der Waals surface area (Å²) >= 11 is 0. The lowest BCUT2D eigenvalue weighted by molar-refractivity contribution is -0.124. The molecule has 1 heterocycles. The number of anilines is 1. The number of morpholine rings is 1. The van der Waals surface area contributed by atoms with Crippen LogP contribution in [0.1, 0.15) is 12.5 Å². The Morgan fingerprint density at radius 2 is 2.30 bits per heavy atom. The van der Waals surface area contributed by atoms with Gasteiger partial charge < -0.3 is 15.2 Å². The fourth-order valence-corrected chi connectivity index (χ4v) is 2.50. The smallest absolute Gasteiger partial charge is 0.238 e. The van der Waals surface area contributed by atoms with Crippen LogP contribution >= 0.6 is 0 Å². The van der Waals surface area contributed by atoms with E-state index in [4.69, 9.17) is 4.74 Å². The Hall–Kier alpha value is -1.43. The van der Waals surface area contributed by atoms with Gasteiger partial charge >= 0.3 is 0 Å². The molecule has 0 radical (unpaired) electrons. The molecule has 1 aromatic rings. The van der Waals surface area contributed by atoms with Crippen LogP contribution in [0.2, 0.25) is 0 Å². The minimum Gasteiger partial charge on any atom is -0.394 e. The molecule has 1 fully saturated rings. The number of benzene rings is 1. The second-order valence-corrected chi connectivity index (χ2v) is 5.36. The fourth-order valence-electron chi connectivity index (χ4n) is 2.50. The zero-order valence-corrected chi connectivity index (χ0v) is 12.0. The number of nitrogens with zero attached hydrogens (tertiary/aromatic N) is 1. The lowest BCUT2D eigenvalue weighted by atomic mass is 10.2. The lowest BCUT2D eigenvalue weighted by Crippen LogP contribution is -2.50. The van der Waals surface area contributed by atoms with Crippen molar-refractivity contribution >= 4 is 11.6 Å². The van der Waals surface area contributed by atoms with E-state index in [2.05, 4.69) is 5.32 Å². The number of hydrogen-bond acceptors (Lipinski definition) is 4. The Balaban J connectivity index is 1.87. The summed E-state index contributed by atoms with van der Waals surface area (Å²) in [5, 5.41) is 12.1. The molecule has 1 amide bonds. The Morgan fingerprint density at radius 1 is 1.50 bits per heavy atom. The highest BCUT2D eigenvalue weighted by Gasteiger charge is 2.25. The normalized spacial score (nSPS) is 23.6. The molecule has 2 unspecified atom stereocenters. The maximum atomic E-state index is 12.0. The SMILES string of the molecule is Cc1cccc(NC(=O)CN2CC(C)OC(CO)C2)c1. The number of ether oxygens (including phenoxy) is 1. The van der Waals surface area contributed by atoms with Gasteiger partial charge in [0, 0.05) is 18.8 Å². The van der Waals surface area contributed by atoms with Crippen LogP contribution in [0, 0.1) is 6.92 Å². The molecule has 110 valence electrons. The summed E-state index contributed by atoms with van der Waals surface area (Å²) in [7, 11) is 0. The lowest BCUT2D eigenvalue weighted by Gasteiger charge is -2.35. The van der Waals surface area contributed by atoms with Crippen LogP contribution in [0.25, 0.3) is 0 Å². The van der Waals surface area contributed by atoms with Crippen molar-refractivity contribution < 1.29 is 14.6 Å². The minimum atomic E-state index is -0.203. The van der Waals surface area contributed by atoms with Gasteiger partial charge in [-0.05, 0) is 31.5 Å². The van der Waals surface area contributed by atoms with Crippen LogP contribution in [-0.2, 0) is 9.53 Å². The van der Waals surface area contributed by atoms with E-state index in [-0.39, 0.29) is 24.7 Å². The quantitative estimate of drug-likeness (QED) is 0.863. The molecule has 0 aromatic heterocycles. The summed E-state index contributed by atoms with van der Waals surface area (Å²) in [6, 6.07) is 7.73. The van der Waals surface area contributed by atoms with E-state index < -0.39 is 0 Å². The number of carbonyl (C=O) groups excluding carboxylic acids is 1. The topological polar surface area (TPSA) is 61.8 Å². The van der Waals surface area contributed by atoms with Crippen LogP contribution in [0.15, 0.2) is 24.3 Å². The van der Waals surface area contributed by atoms with E-state index in [0.29, 0.717) is 19.6 Å². The number of aliphatic hydroxyl groups is 1. The molecule has 0 bridgehead atoms. The van der Waals surface area contributed by atoms with Crippen molar-refractivity contribution in [2.24, 2.45) is 0 Å². The van der Waals surface area contributed by atoms with Gasteiger partial charge in [-0.15, -0.1) is 0 Å². The van der Waals surface area contributed by atoms with E-state index in [1.54, 1.807) is 0 Å². The molecular formula is C15H22N2O3. The van der Waals surface area contributed by atoms with Crippen LogP contribution in [0.3, 0.4) is 0 Å². The van der Waals surface area contributed by atoms with E-state index in [9.17, 15) is 9.90 Å². The first-order chi connectivity index (χ1) is 9.56. The molecule has 2 N–H and O–H groups in total. The van der Waals surface area contributed by atoms with Gasteiger partial charge in [-0.25, -0.2) is 0 Å². The van der Waals surface area contributed by atoms with Gasteiger partial charge in [-0.1, -0.05) is 12.1 Å². The number of nitrogens with one attached hydrogen (secondary N) is 1. The van der Waals surface area contributed by atoms with Gasteiger partial charge in [0.1, 0.15) is 0 Å². The van der Waals surface area contributed by atoms with Gasteiger partial charge in [-0.2, -0.15) is 0 Å². The Kier molecular flexibility index (Phi) is 5.11. The number of amides is 1. The zero-order valence-electron chi connectivity index (χ0n) is 12.0. The third-order valence-corrected chi connectivity index (χ3v) is 3.27. The number of aliphatic hydroxyl groups excluding tert-OH is 1. The second kappa shape index (κ2) is 6.83. The highest BCUT2D eigenvalue weighted by molar-refractivity contribution is 5.92. The fraction of sp³-hybridized carbons (Fsp3) is 0.533. The Bertz CT molecular complexity index is 464. The molecule has 1 saturated heterocycles. The van der Waals surface area contributed by atoms with Crippen molar-refractivity contribution in [1.29, 1.82) is 0 Å². The zero-order chi connectivity index (χ0) is 14.5. The van der Waals surface area contributed by atoms with Gasteiger partial charge in [0.25, 0.3) is 0 Å². The van der Waals surface area contributed by atoms with Crippen LogP contribution in [-0.4, -0.2) is 54.4 Å². The first kappa shape index (κ1) is 15.0. The van der Waals surface area contributed by atoms with Crippen LogP contribution in [0.4, 0.5) is 5.69 Å². The predicted molar refractivity (Wildman–Crippen MR) is 77.7 cm³/mol. The van der Waals surface area contributed by atoms with E-state index in [1.807, 2.05) is 43.0 Å². The van der Waals surface area contributed by atoms with Crippen molar-refractivity contribution in [3.8, 4) is 0 Å². The number of rotatable bonds is 4. The summed E-state index contributed by atoms with van der Waals surface area (Å²) in [6.45, 7) is 5.54. The van der Waals surface area contributed by atoms with Crippen LogP contribution in [0.5, 0.6) is 0 Å². The standard InChI is InChI=1S/C15H22N2O3/c1-11-4-3-5-13(6-11)16-15(19)9-17-7-12(2)20-14(8-17)10-18/h3-6,12,14,18H,7-10H2,1-2H3,(H,16,19). The summed E-state index contributed by atoms with van der Waals surface area (Å²) in [5.41, 5.74) is 1.93. The van der Waals surface area contributed by atoms with Gasteiger partial charge in [0.15, 0.2) is 0 Å². The maximum absolute atomic E-state index is 12.0. The molecule has 1 aliphatic rings. The van der Waals surface area contributed by atoms with Crippen molar-refractivity contribution in [1.82, 2.24) is 4.90 Å². The molecule has 1 aliphatic heterocycles. The number of aryl methyl sites for hydroxylation is 1. The number of carbonyl (C=O) groups is 1. The minimum absolute atomic E-state index is 0.0136. The third kappa shape index (κ3) is 4.30. The molecule has 0 aliphatic carbocycles. The van der Waals surface area contributed by atoms with Gasteiger partial charge in [-0.3, -0.25) is 9.69 Å². The van der Waals surface area contributed by atoms with Crippen molar-refractivity contribution in [3.05, 3.63) is 29.8 Å². The van der Waals surface area contributed by atoms with Gasteiger partial charge in [0.2, 0.25) is 5.91 Å². The highest BCUT2D eigenvalue weighted by Crippen LogP contribution is 2.12. The summed E-state index contributed by atoms with van der Waals surface area (Å²) in [4.78, 5) is 14.1. The molecule has 5 nitrogen and oxygen atoms in total. The van der Waals surface area contributed by atoms with E-state index in [1.165, 1.54) is 0 Å². The van der Waals surface area contributed by atoms with E-state index >= 15 is 0 Å². The monoisotopic (exact) mass is 278 g/mol. The third-order valence-electron chi connectivity index (χ3n) is 3.27. The first-order valence-electron chi connectivity index (χ1n) is 6.92.